The van der Waals surface area contributed by atoms with Crippen LogP contribution >= 0.6 is 0 Å². The highest BCUT2D eigenvalue weighted by molar-refractivity contribution is 5.76. The predicted molar refractivity (Wildman–Crippen MR) is 27.4 cm³/mol. The monoisotopic (exact) mass is 74.1 g/mol. The molecule has 0 spiro atoms. The molecule has 0 aliphatic carbocycles. The molecule has 0 heterocycles. The summed E-state index contributed by atoms with van der Waals surface area (Å²) in [7, 11) is 0. The summed E-state index contributed by atoms with van der Waals surface area (Å²) in [5, 5.41) is 0. The van der Waals surface area contributed by atoms with Crippen molar-refractivity contribution in [2.45, 2.75) is 7.43 Å². The number of hydrogen-bond acceptors (Lipinski definition) is 1. The zero-order valence-corrected chi connectivity index (χ0v) is 1.28. The quantitative estimate of drug-likeness (QED) is 0.376. The van der Waals surface area contributed by atoms with Crippen LogP contribution in [0.15, 0.2) is 0 Å². The van der Waals surface area contributed by atoms with Gasteiger partial charge in [-0.1, -0.05) is 7.43 Å². The van der Waals surface area contributed by atoms with Gasteiger partial charge in [0, 0.05) is 8.41 Å². The standard InChI is InChI=1S/CH4.Al.B.H3N.3H/h1H4;;;1H3;;;. The van der Waals surface area contributed by atoms with E-state index in [0.29, 0.717) is 0 Å². The molecule has 3 N–H and O–H groups in total. The van der Waals surface area contributed by atoms with Crippen molar-refractivity contribution in [3.63, 3.8) is 0 Å². The van der Waals surface area contributed by atoms with Crippen molar-refractivity contribution >= 4 is 25.8 Å². The van der Waals surface area contributed by atoms with Crippen LogP contribution in [0, 0.1) is 0 Å². The smallest absolute Gasteiger partial charge is 0.187 e. The van der Waals surface area contributed by atoms with Crippen LogP contribution in [0.2, 0.25) is 0 Å². The van der Waals surface area contributed by atoms with Gasteiger partial charge in [0.25, 0.3) is 0 Å². The lowest BCUT2D eigenvalue weighted by molar-refractivity contribution is 2.13. The van der Waals surface area contributed by atoms with E-state index in [2.05, 4.69) is 0 Å². The zero-order valence-electron chi connectivity index (χ0n) is 1.28. The summed E-state index contributed by atoms with van der Waals surface area (Å²) in [6.07, 6.45) is 0. The van der Waals surface area contributed by atoms with Gasteiger partial charge in [-0.05, 0) is 0 Å². The van der Waals surface area contributed by atoms with E-state index < -0.39 is 0 Å². The van der Waals surface area contributed by atoms with Gasteiger partial charge in [-0.2, -0.15) is 0 Å². The molecule has 0 fully saturated rings. The van der Waals surface area contributed by atoms with E-state index in [9.17, 15) is 0 Å². The highest BCUT2D eigenvalue weighted by atomic mass is 27.0. The van der Waals surface area contributed by atoms with Crippen LogP contribution in [0.1, 0.15) is 7.43 Å². The van der Waals surface area contributed by atoms with E-state index >= 15 is 0 Å². The zero-order chi connectivity index (χ0) is 0. The lowest BCUT2D eigenvalue weighted by Crippen LogP contribution is -0.481. The van der Waals surface area contributed by atoms with Crippen LogP contribution in [0.25, 0.3) is 0 Å². The highest BCUT2D eigenvalue weighted by Gasteiger charge is 0.187. The van der Waals surface area contributed by atoms with Crippen LogP contribution in [0.5, 0.6) is 0 Å². The average Bonchev–Trinajstić information content (AvgIpc) is 0. The first-order valence-corrected chi connectivity index (χ1v) is 0. The Bertz CT molecular complexity index is 8.00. The topological polar surface area (TPSA) is 35.0 Å². The number of hydrogen-bond donors (Lipinski definition) is 1. The minimum Gasteiger partial charge on any atom is -0.344 e. The molecule has 25 valence electrons. The molecule has 4 heavy (non-hydrogen) atoms. The fourth-order valence-corrected chi connectivity index (χ4v) is 0. The molecule has 0 aromatic heterocycles. The van der Waals surface area contributed by atoms with Gasteiger partial charge in [0.1, 0.15) is 0 Å². The van der Waals surface area contributed by atoms with Crippen molar-refractivity contribution in [1.29, 1.82) is 0 Å². The summed E-state index contributed by atoms with van der Waals surface area (Å²) < 4.78 is 0. The van der Waals surface area contributed by atoms with Crippen molar-refractivity contribution in [2.24, 2.45) is 0 Å². The van der Waals surface area contributed by atoms with E-state index in [1.54, 1.807) is 0 Å². The predicted octanol–water partition coefficient (Wildman–Crippen LogP) is -0.767. The Morgan fingerprint density at radius 1 is 1.00 bits per heavy atom. The van der Waals surface area contributed by atoms with Gasteiger partial charge in [0.15, 0.2) is 17.4 Å². The van der Waals surface area contributed by atoms with E-state index in [0.717, 1.165) is 0 Å². The maximum Gasteiger partial charge on any atom is 0.187 e. The minimum absolute atomic E-state index is 0. The molecule has 0 unspecified atom stereocenters. The van der Waals surface area contributed by atoms with Crippen LogP contribution in [0.4, 0.5) is 0 Å². The molecule has 0 aromatic carbocycles. The van der Waals surface area contributed by atoms with Crippen LogP contribution < -0.4 is 6.15 Å². The lowest BCUT2D eigenvalue weighted by Gasteiger charge is -0.344. The van der Waals surface area contributed by atoms with E-state index in [4.69, 9.17) is 0 Å². The lowest BCUT2D eigenvalue weighted by atomic mass is 10.8. The summed E-state index contributed by atoms with van der Waals surface area (Å²) in [6.45, 7) is 0. The second-order valence-corrected chi connectivity index (χ2v) is 0. The molecule has 0 aliphatic rings. The van der Waals surface area contributed by atoms with Gasteiger partial charge in [-0.25, -0.2) is 0 Å². The Kier molecular flexibility index (Phi) is 3480. The summed E-state index contributed by atoms with van der Waals surface area (Å²) in [5.41, 5.74) is 0. The third-order valence-electron chi connectivity index (χ3n) is 0. The first-order chi connectivity index (χ1) is 0. The van der Waals surface area contributed by atoms with Crippen molar-refractivity contribution in [1.82, 2.24) is 6.15 Å². The van der Waals surface area contributed by atoms with Crippen molar-refractivity contribution in [2.75, 3.05) is 0 Å². The molecule has 0 saturated carbocycles. The molecule has 0 rings (SSSR count). The third-order valence-corrected chi connectivity index (χ3v) is 0. The molecule has 0 atom stereocenters. The van der Waals surface area contributed by atoms with Crippen LogP contribution in [-0.2, 0) is 0 Å². The molecule has 0 aliphatic heterocycles. The van der Waals surface area contributed by atoms with Crippen LogP contribution in [-0.4, -0.2) is 25.8 Å². The van der Waals surface area contributed by atoms with E-state index in [1.807, 2.05) is 0 Å². The fraction of sp³-hybridized carbons (Fsp3) is 1.00. The Labute approximate surface area is 40.1 Å². The summed E-state index contributed by atoms with van der Waals surface area (Å²) in [6, 6.07) is 0. The van der Waals surface area contributed by atoms with E-state index in [1.165, 1.54) is 0 Å². The maximum atomic E-state index is 0. The second kappa shape index (κ2) is 74.9. The molecule has 3 heteroatoms. The molecule has 1 nitrogen and oxygen atoms in total. The third kappa shape index (κ3) is 20.0. The highest BCUT2D eigenvalue weighted by Crippen LogP contribution is 0.144. The Morgan fingerprint density at radius 3 is 1.00 bits per heavy atom. The van der Waals surface area contributed by atoms with Gasteiger partial charge in [-0.3, -0.25) is 0 Å². The fourth-order valence-electron chi connectivity index (χ4n) is 0. The Morgan fingerprint density at radius 2 is 1.00 bits per heavy atom. The Hall–Kier alpha value is 0.557. The van der Waals surface area contributed by atoms with Crippen LogP contribution in [0.3, 0.4) is 0 Å². The van der Waals surface area contributed by atoms with Gasteiger partial charge < -0.3 is 6.15 Å². The molecule has 0 bridgehead atoms. The van der Waals surface area contributed by atoms with Gasteiger partial charge in [0.05, 0.1) is 0 Å². The molecular formula is CH10AlBN. The largest absolute Gasteiger partial charge is 0.344 e. The molecule has 0 aromatic rings. The first kappa shape index (κ1) is 186. The normalized spacial score (nSPS) is 0. The first-order valence-electron chi connectivity index (χ1n) is 0. The Balaban J connectivity index is 0. The molecule has 0 amide bonds. The summed E-state index contributed by atoms with van der Waals surface area (Å²) >= 11 is 0. The minimum atomic E-state index is 0. The van der Waals surface area contributed by atoms with Gasteiger partial charge in [0.2, 0.25) is 0 Å². The van der Waals surface area contributed by atoms with Gasteiger partial charge >= 0.3 is 0 Å². The van der Waals surface area contributed by atoms with Crippen molar-refractivity contribution in [3.05, 3.63) is 0 Å². The van der Waals surface area contributed by atoms with Crippen molar-refractivity contribution in [3.8, 4) is 0 Å². The molecule has 3 radical (unpaired) electrons. The summed E-state index contributed by atoms with van der Waals surface area (Å²) in [4.78, 5) is 0. The molecule has 0 saturated heterocycles. The molecular weight excluding hydrogens is 63.8 g/mol. The summed E-state index contributed by atoms with van der Waals surface area (Å²) in [5.74, 6) is 0. The average molecular weight is 73.9 g/mol. The SMILES string of the molecule is C.N.[AlH3].[B]. The van der Waals surface area contributed by atoms with Crippen molar-refractivity contribution < 1.29 is 0 Å². The van der Waals surface area contributed by atoms with Gasteiger partial charge in [-0.15, -0.1) is 0 Å². The maximum absolute atomic E-state index is 0. The van der Waals surface area contributed by atoms with E-state index in [-0.39, 0.29) is 39.4 Å². The second-order valence-electron chi connectivity index (χ2n) is 0. The number of rotatable bonds is 0.